The van der Waals surface area contributed by atoms with Crippen LogP contribution in [0.2, 0.25) is 0 Å². The molecule has 0 radical (unpaired) electrons. The Hall–Kier alpha value is -2.01. The molecule has 3 heterocycles. The van der Waals surface area contributed by atoms with E-state index in [-0.39, 0.29) is 0 Å². The molecular formula is C20H24N4S. The average molecular weight is 353 g/mol. The van der Waals surface area contributed by atoms with Crippen LogP contribution in [0.1, 0.15) is 26.0 Å². The van der Waals surface area contributed by atoms with Crippen molar-refractivity contribution in [3.05, 3.63) is 52.9 Å². The van der Waals surface area contributed by atoms with E-state index >= 15 is 0 Å². The molecule has 0 saturated heterocycles. The van der Waals surface area contributed by atoms with Crippen molar-refractivity contribution in [2.24, 2.45) is 11.8 Å². The molecule has 1 N–H and O–H groups in total. The number of H-pyrrole nitrogens is 1. The first-order valence-electron chi connectivity index (χ1n) is 8.83. The summed E-state index contributed by atoms with van der Waals surface area (Å²) in [6.07, 6.45) is 10.0. The normalized spacial score (nSPS) is 26.0. The molecule has 0 amide bonds. The van der Waals surface area contributed by atoms with Gasteiger partial charge >= 0.3 is 0 Å². The number of aromatic nitrogens is 3. The quantitative estimate of drug-likeness (QED) is 0.842. The Kier molecular flexibility index (Phi) is 4.20. The minimum atomic E-state index is 0.497. The number of aromatic amines is 1. The van der Waals surface area contributed by atoms with Gasteiger partial charge in [0.05, 0.1) is 10.9 Å². The number of nitrogens with zero attached hydrogens (tertiary/aromatic N) is 3. The van der Waals surface area contributed by atoms with Gasteiger partial charge in [-0.1, -0.05) is 31.6 Å². The molecule has 1 aliphatic heterocycles. The molecule has 0 fully saturated rings. The molecule has 0 aromatic carbocycles. The van der Waals surface area contributed by atoms with Gasteiger partial charge in [0.2, 0.25) is 0 Å². The fourth-order valence-electron chi connectivity index (χ4n) is 3.80. The molecule has 130 valence electrons. The van der Waals surface area contributed by atoms with Gasteiger partial charge in [0.15, 0.2) is 0 Å². The maximum Gasteiger partial charge on any atom is 0.144 e. The van der Waals surface area contributed by atoms with E-state index in [0.29, 0.717) is 17.1 Å². The minimum absolute atomic E-state index is 0.497. The molecule has 2 aromatic rings. The summed E-state index contributed by atoms with van der Waals surface area (Å²) >= 11 is 1.95. The zero-order valence-electron chi connectivity index (χ0n) is 15.2. The number of nitrogens with one attached hydrogen (secondary N) is 1. The fourth-order valence-corrected chi connectivity index (χ4v) is 4.98. The molecule has 0 spiro atoms. The number of anilines is 1. The van der Waals surface area contributed by atoms with E-state index in [4.69, 9.17) is 0 Å². The van der Waals surface area contributed by atoms with Gasteiger partial charge in [0, 0.05) is 29.9 Å². The summed E-state index contributed by atoms with van der Waals surface area (Å²) < 4.78 is 0. The van der Waals surface area contributed by atoms with Gasteiger partial charge in [0.1, 0.15) is 5.82 Å². The Balaban J connectivity index is 1.76. The van der Waals surface area contributed by atoms with Crippen LogP contribution in [0.25, 0.3) is 10.9 Å². The molecular weight excluding hydrogens is 328 g/mol. The van der Waals surface area contributed by atoms with E-state index in [1.165, 1.54) is 5.70 Å². The van der Waals surface area contributed by atoms with E-state index in [1.54, 1.807) is 5.57 Å². The molecule has 4 rings (SSSR count). The van der Waals surface area contributed by atoms with Gasteiger partial charge in [-0.05, 0) is 42.7 Å². The highest BCUT2D eigenvalue weighted by atomic mass is 32.2. The Morgan fingerprint density at radius 3 is 3.00 bits per heavy atom. The monoisotopic (exact) mass is 352 g/mol. The number of allylic oxidation sites excluding steroid dienone is 3. The second-order valence-electron chi connectivity index (χ2n) is 7.10. The first kappa shape index (κ1) is 16.5. The number of hydrogen-bond acceptors (Lipinski definition) is 4. The van der Waals surface area contributed by atoms with Crippen molar-refractivity contribution >= 4 is 28.5 Å². The van der Waals surface area contributed by atoms with Crippen molar-refractivity contribution in [2.75, 3.05) is 11.9 Å². The average Bonchev–Trinajstić information content (AvgIpc) is 2.88. The van der Waals surface area contributed by atoms with Crippen molar-refractivity contribution in [1.29, 1.82) is 0 Å². The Labute approximate surface area is 153 Å². The zero-order chi connectivity index (χ0) is 17.6. The molecule has 3 unspecified atom stereocenters. The molecule has 1 aliphatic carbocycles. The predicted octanol–water partition coefficient (Wildman–Crippen LogP) is 4.82. The molecule has 25 heavy (non-hydrogen) atoms. The summed E-state index contributed by atoms with van der Waals surface area (Å²) in [6, 6.07) is 1.96. The molecule has 2 aliphatic rings. The van der Waals surface area contributed by atoms with Crippen molar-refractivity contribution in [3.63, 3.8) is 0 Å². The molecule has 5 heteroatoms. The summed E-state index contributed by atoms with van der Waals surface area (Å²) in [5, 5.41) is 11.4. The number of pyridine rings is 1. The van der Waals surface area contributed by atoms with Crippen LogP contribution in [0, 0.1) is 18.8 Å². The van der Waals surface area contributed by atoms with Crippen LogP contribution in [-0.2, 0) is 0 Å². The maximum absolute atomic E-state index is 4.66. The SMILES string of the molecule is Cc1[nH]nc2ccnc(N(C)C3=CC(C)C4SC=CCC(C)C4=C3)c12. The third-order valence-electron chi connectivity index (χ3n) is 5.27. The lowest BCUT2D eigenvalue weighted by Gasteiger charge is -2.33. The number of fused-ring (bicyclic) bond motifs is 2. The lowest BCUT2D eigenvalue weighted by Crippen LogP contribution is -2.27. The fraction of sp³-hybridized carbons (Fsp3) is 0.400. The molecule has 2 aromatic heterocycles. The van der Waals surface area contributed by atoms with E-state index in [9.17, 15) is 0 Å². The van der Waals surface area contributed by atoms with Crippen molar-refractivity contribution < 1.29 is 0 Å². The smallest absolute Gasteiger partial charge is 0.144 e. The Morgan fingerprint density at radius 1 is 1.32 bits per heavy atom. The largest absolute Gasteiger partial charge is 0.329 e. The van der Waals surface area contributed by atoms with Gasteiger partial charge in [-0.2, -0.15) is 5.10 Å². The standard InChI is InChI=1S/C20H24N4S/c1-12-6-5-9-25-19-13(2)10-15(11-16(12)19)24(4)20-18-14(3)22-23-17(18)7-8-21-20/h5,7-13,19H,6H2,1-4H3,(H,22,23). The Morgan fingerprint density at radius 2 is 2.16 bits per heavy atom. The predicted molar refractivity (Wildman–Crippen MR) is 107 cm³/mol. The summed E-state index contributed by atoms with van der Waals surface area (Å²) in [6.45, 7) is 6.71. The first-order chi connectivity index (χ1) is 12.1. The third kappa shape index (κ3) is 2.80. The van der Waals surface area contributed by atoms with E-state index in [1.807, 2.05) is 24.0 Å². The topological polar surface area (TPSA) is 44.8 Å². The van der Waals surface area contributed by atoms with Gasteiger partial charge in [-0.3, -0.25) is 5.10 Å². The number of hydrogen-bond donors (Lipinski definition) is 1. The molecule has 4 nitrogen and oxygen atoms in total. The highest BCUT2D eigenvalue weighted by Crippen LogP contribution is 2.41. The van der Waals surface area contributed by atoms with Crippen LogP contribution in [0.5, 0.6) is 0 Å². The van der Waals surface area contributed by atoms with Crippen LogP contribution in [0.15, 0.2) is 47.2 Å². The number of thioether (sulfide) groups is 1. The summed E-state index contributed by atoms with van der Waals surface area (Å²) in [5.41, 5.74) is 4.80. The number of likely N-dealkylation sites (N-methyl/N-ethyl adjacent to an activating group) is 1. The van der Waals surface area contributed by atoms with E-state index < -0.39 is 0 Å². The minimum Gasteiger partial charge on any atom is -0.329 e. The van der Waals surface area contributed by atoms with Gasteiger partial charge in [-0.15, -0.1) is 11.8 Å². The van der Waals surface area contributed by atoms with Crippen LogP contribution >= 0.6 is 11.8 Å². The summed E-state index contributed by atoms with van der Waals surface area (Å²) in [7, 11) is 2.11. The first-order valence-corrected chi connectivity index (χ1v) is 9.77. The van der Waals surface area contributed by atoms with Gasteiger partial charge in [0.25, 0.3) is 0 Å². The van der Waals surface area contributed by atoms with Gasteiger partial charge < -0.3 is 4.90 Å². The highest BCUT2D eigenvalue weighted by molar-refractivity contribution is 8.02. The lowest BCUT2D eigenvalue weighted by molar-refractivity contribution is 0.603. The lowest BCUT2D eigenvalue weighted by atomic mass is 9.85. The second-order valence-corrected chi connectivity index (χ2v) is 8.15. The van der Waals surface area contributed by atoms with Crippen LogP contribution in [0.3, 0.4) is 0 Å². The molecule has 3 atom stereocenters. The number of rotatable bonds is 2. The van der Waals surface area contributed by atoms with E-state index in [0.717, 1.165) is 28.8 Å². The summed E-state index contributed by atoms with van der Waals surface area (Å²) in [4.78, 5) is 6.87. The van der Waals surface area contributed by atoms with Crippen LogP contribution < -0.4 is 4.90 Å². The Bertz CT molecular complexity index is 892. The number of aryl methyl sites for hydroxylation is 1. The molecule has 0 bridgehead atoms. The van der Waals surface area contributed by atoms with Crippen molar-refractivity contribution in [2.45, 2.75) is 32.4 Å². The second kappa shape index (κ2) is 6.37. The van der Waals surface area contributed by atoms with Crippen molar-refractivity contribution in [1.82, 2.24) is 15.2 Å². The zero-order valence-corrected chi connectivity index (χ0v) is 16.0. The van der Waals surface area contributed by atoms with E-state index in [2.05, 4.69) is 71.5 Å². The third-order valence-corrected chi connectivity index (χ3v) is 6.61. The highest BCUT2D eigenvalue weighted by Gasteiger charge is 2.30. The maximum atomic E-state index is 4.66. The van der Waals surface area contributed by atoms with Crippen LogP contribution in [-0.4, -0.2) is 27.5 Å². The van der Waals surface area contributed by atoms with Crippen molar-refractivity contribution in [3.8, 4) is 0 Å². The van der Waals surface area contributed by atoms with Crippen LogP contribution in [0.4, 0.5) is 5.82 Å². The summed E-state index contributed by atoms with van der Waals surface area (Å²) in [5.74, 6) is 2.04. The molecule has 0 saturated carbocycles. The van der Waals surface area contributed by atoms with Gasteiger partial charge in [-0.25, -0.2) is 4.98 Å².